The number of amides is 1. The largest absolute Gasteiger partial charge is 0.379 e. The Morgan fingerprint density at radius 2 is 1.85 bits per heavy atom. The Kier molecular flexibility index (Phi) is 6.91. The van der Waals surface area contributed by atoms with Crippen LogP contribution < -0.4 is 5.32 Å². The zero-order chi connectivity index (χ0) is 19.3. The maximum Gasteiger partial charge on any atom is 0.267 e. The molecule has 1 aromatic rings. The molecular weight excluding hydrogens is 368 g/mol. The maximum absolute atomic E-state index is 12.8. The van der Waals surface area contributed by atoms with E-state index >= 15 is 0 Å². The third-order valence-corrected chi connectivity index (χ3v) is 7.07. The topological polar surface area (TPSA) is 83.9 Å². The van der Waals surface area contributed by atoms with Gasteiger partial charge < -0.3 is 14.6 Å². The van der Waals surface area contributed by atoms with Gasteiger partial charge in [0.2, 0.25) is 10.0 Å². The molecule has 8 nitrogen and oxygen atoms in total. The second-order valence-electron chi connectivity index (χ2n) is 7.20. The monoisotopic (exact) mass is 398 g/mol. The second-order valence-corrected chi connectivity index (χ2v) is 9.14. The Balaban J connectivity index is 1.54. The van der Waals surface area contributed by atoms with Crippen molar-refractivity contribution in [3.8, 4) is 0 Å². The molecule has 2 aliphatic rings. The van der Waals surface area contributed by atoms with E-state index in [9.17, 15) is 13.2 Å². The molecule has 3 heterocycles. The molecule has 0 aromatic carbocycles. The van der Waals surface area contributed by atoms with Crippen molar-refractivity contribution < 1.29 is 17.9 Å². The standard InChI is InChI=1S/C18H30N4O4S/c1-20-15-16(27(24,25)22-8-3-2-4-9-22)14-17(20)18(23)19-6-5-7-21-10-12-26-13-11-21/h14-15H,2-13H2,1H3,(H,19,23). The van der Waals surface area contributed by atoms with Crippen LogP contribution in [-0.4, -0.2) is 80.6 Å². The zero-order valence-electron chi connectivity index (χ0n) is 16.0. The number of hydrogen-bond donors (Lipinski definition) is 1. The number of ether oxygens (including phenoxy) is 1. The molecule has 0 aliphatic carbocycles. The molecule has 0 spiro atoms. The van der Waals surface area contributed by atoms with Crippen LogP contribution in [0.5, 0.6) is 0 Å². The number of aromatic nitrogens is 1. The molecule has 0 atom stereocenters. The smallest absolute Gasteiger partial charge is 0.267 e. The molecule has 3 rings (SSSR count). The highest BCUT2D eigenvalue weighted by Crippen LogP contribution is 2.22. The summed E-state index contributed by atoms with van der Waals surface area (Å²) in [5.41, 5.74) is 0.372. The predicted octanol–water partition coefficient (Wildman–Crippen LogP) is 0.652. The van der Waals surface area contributed by atoms with E-state index in [-0.39, 0.29) is 10.8 Å². The molecule has 2 fully saturated rings. The van der Waals surface area contributed by atoms with E-state index in [1.165, 1.54) is 16.6 Å². The first kappa shape index (κ1) is 20.3. The molecule has 0 saturated carbocycles. The van der Waals surface area contributed by atoms with E-state index in [4.69, 9.17) is 4.74 Å². The summed E-state index contributed by atoms with van der Waals surface area (Å²) in [6.07, 6.45) is 5.24. The normalized spacial score (nSPS) is 19.9. The summed E-state index contributed by atoms with van der Waals surface area (Å²) in [6, 6.07) is 1.49. The van der Waals surface area contributed by atoms with Crippen LogP contribution in [0, 0.1) is 0 Å². The number of sulfonamides is 1. The Labute approximate surface area is 161 Å². The number of carbonyl (C=O) groups is 1. The van der Waals surface area contributed by atoms with Crippen LogP contribution in [0.15, 0.2) is 17.2 Å². The molecule has 2 aliphatic heterocycles. The number of morpholine rings is 1. The van der Waals surface area contributed by atoms with Crippen molar-refractivity contribution in [2.75, 3.05) is 52.5 Å². The van der Waals surface area contributed by atoms with Crippen molar-refractivity contribution in [1.82, 2.24) is 19.1 Å². The second kappa shape index (κ2) is 9.18. The summed E-state index contributed by atoms with van der Waals surface area (Å²) in [4.78, 5) is 15.0. The van der Waals surface area contributed by atoms with Crippen molar-refractivity contribution in [2.24, 2.45) is 7.05 Å². The van der Waals surface area contributed by atoms with Gasteiger partial charge in [0, 0.05) is 46.0 Å². The third-order valence-electron chi connectivity index (χ3n) is 5.21. The number of piperidine rings is 1. The highest BCUT2D eigenvalue weighted by Gasteiger charge is 2.28. The van der Waals surface area contributed by atoms with Gasteiger partial charge in [0.1, 0.15) is 10.6 Å². The molecule has 1 N–H and O–H groups in total. The zero-order valence-corrected chi connectivity index (χ0v) is 16.8. The summed E-state index contributed by atoms with van der Waals surface area (Å²) < 4.78 is 34.0. The van der Waals surface area contributed by atoms with E-state index in [1.807, 2.05) is 0 Å². The minimum Gasteiger partial charge on any atom is -0.379 e. The summed E-state index contributed by atoms with van der Waals surface area (Å²) >= 11 is 0. The highest BCUT2D eigenvalue weighted by atomic mass is 32.2. The quantitative estimate of drug-likeness (QED) is 0.682. The first-order valence-corrected chi connectivity index (χ1v) is 11.2. The Morgan fingerprint density at radius 3 is 2.56 bits per heavy atom. The van der Waals surface area contributed by atoms with Crippen LogP contribution >= 0.6 is 0 Å². The van der Waals surface area contributed by atoms with Crippen molar-refractivity contribution >= 4 is 15.9 Å². The third kappa shape index (κ3) is 5.10. The number of hydrogen-bond acceptors (Lipinski definition) is 5. The minimum absolute atomic E-state index is 0.199. The Morgan fingerprint density at radius 1 is 1.15 bits per heavy atom. The fourth-order valence-corrected chi connectivity index (χ4v) is 5.16. The van der Waals surface area contributed by atoms with Crippen molar-refractivity contribution in [1.29, 1.82) is 0 Å². The van der Waals surface area contributed by atoms with E-state index in [0.29, 0.717) is 25.3 Å². The Hall–Kier alpha value is -1.42. The van der Waals surface area contributed by atoms with Crippen molar-refractivity contribution in [2.45, 2.75) is 30.6 Å². The average molecular weight is 399 g/mol. The summed E-state index contributed by atoms with van der Waals surface area (Å²) in [7, 11) is -1.82. The van der Waals surface area contributed by atoms with Gasteiger partial charge in [-0.1, -0.05) is 6.42 Å². The van der Waals surface area contributed by atoms with Crippen LogP contribution in [-0.2, 0) is 21.8 Å². The number of carbonyl (C=O) groups excluding carboxylic acids is 1. The molecule has 1 amide bonds. The summed E-state index contributed by atoms with van der Waals surface area (Å²) in [6.45, 7) is 6.00. The molecule has 0 unspecified atom stereocenters. The van der Waals surface area contributed by atoms with Gasteiger partial charge in [0.15, 0.2) is 0 Å². The lowest BCUT2D eigenvalue weighted by molar-refractivity contribution is 0.0374. The first-order valence-electron chi connectivity index (χ1n) is 9.73. The summed E-state index contributed by atoms with van der Waals surface area (Å²) in [5, 5.41) is 2.90. The first-order chi connectivity index (χ1) is 13.0. The minimum atomic E-state index is -3.52. The van der Waals surface area contributed by atoms with Gasteiger partial charge in [-0.15, -0.1) is 0 Å². The lowest BCUT2D eigenvalue weighted by atomic mass is 10.2. The van der Waals surface area contributed by atoms with Gasteiger partial charge in [-0.2, -0.15) is 4.31 Å². The van der Waals surface area contributed by atoms with Gasteiger partial charge in [-0.25, -0.2) is 8.42 Å². The average Bonchev–Trinajstić information content (AvgIpc) is 3.09. The fraction of sp³-hybridized carbons (Fsp3) is 0.722. The molecule has 152 valence electrons. The molecule has 0 radical (unpaired) electrons. The van der Waals surface area contributed by atoms with E-state index < -0.39 is 10.0 Å². The number of nitrogens with zero attached hydrogens (tertiary/aromatic N) is 3. The number of aryl methyl sites for hydroxylation is 1. The SMILES string of the molecule is Cn1cc(S(=O)(=O)N2CCCCC2)cc1C(=O)NCCCN1CCOCC1. The van der Waals surface area contributed by atoms with Crippen LogP contribution in [0.25, 0.3) is 0 Å². The number of rotatable bonds is 7. The van der Waals surface area contributed by atoms with Crippen molar-refractivity contribution in [3.05, 3.63) is 18.0 Å². The van der Waals surface area contributed by atoms with Gasteiger partial charge in [0.05, 0.1) is 13.2 Å². The molecular formula is C18H30N4O4S. The van der Waals surface area contributed by atoms with Crippen molar-refractivity contribution in [3.63, 3.8) is 0 Å². The van der Waals surface area contributed by atoms with E-state index in [2.05, 4.69) is 10.2 Å². The van der Waals surface area contributed by atoms with E-state index in [1.54, 1.807) is 11.6 Å². The van der Waals surface area contributed by atoms with Crippen LogP contribution in [0.1, 0.15) is 36.2 Å². The molecule has 0 bridgehead atoms. The van der Waals surface area contributed by atoms with Gasteiger partial charge in [-0.3, -0.25) is 9.69 Å². The number of nitrogens with one attached hydrogen (secondary N) is 1. The molecule has 9 heteroatoms. The maximum atomic E-state index is 12.8. The molecule has 2 saturated heterocycles. The van der Waals surface area contributed by atoms with Gasteiger partial charge in [0.25, 0.3) is 5.91 Å². The van der Waals surface area contributed by atoms with E-state index in [0.717, 1.165) is 58.5 Å². The lowest BCUT2D eigenvalue weighted by Crippen LogP contribution is -2.38. The van der Waals surface area contributed by atoms with Crippen LogP contribution in [0.2, 0.25) is 0 Å². The fourth-order valence-electron chi connectivity index (χ4n) is 3.58. The summed E-state index contributed by atoms with van der Waals surface area (Å²) in [5.74, 6) is -0.237. The van der Waals surface area contributed by atoms with Gasteiger partial charge in [-0.05, 0) is 31.9 Å². The molecule has 1 aromatic heterocycles. The lowest BCUT2D eigenvalue weighted by Gasteiger charge is -2.26. The van der Waals surface area contributed by atoms with Crippen LogP contribution in [0.3, 0.4) is 0 Å². The predicted molar refractivity (Wildman–Crippen MR) is 102 cm³/mol. The Bertz CT molecular complexity index is 735. The highest BCUT2D eigenvalue weighted by molar-refractivity contribution is 7.89. The molecule has 27 heavy (non-hydrogen) atoms. The van der Waals surface area contributed by atoms with Gasteiger partial charge >= 0.3 is 0 Å². The van der Waals surface area contributed by atoms with Crippen LogP contribution in [0.4, 0.5) is 0 Å².